The molecule has 2 rings (SSSR count). The number of carbonyl (C=O) groups is 2. The van der Waals surface area contributed by atoms with Crippen LogP contribution in [0.2, 0.25) is 0 Å². The lowest BCUT2D eigenvalue weighted by Crippen LogP contribution is -2.37. The molecule has 18 heavy (non-hydrogen) atoms. The number of hydrogen-bond acceptors (Lipinski definition) is 3. The number of amides is 1. The van der Waals surface area contributed by atoms with Crippen molar-refractivity contribution in [1.82, 2.24) is 5.32 Å². The molecule has 0 radical (unpaired) electrons. The molecule has 0 aromatic heterocycles. The van der Waals surface area contributed by atoms with E-state index in [0.717, 1.165) is 12.8 Å². The Hall–Kier alpha value is -1.91. The lowest BCUT2D eigenvalue weighted by Gasteiger charge is -2.13. The topological polar surface area (TPSA) is 55.4 Å². The van der Waals surface area contributed by atoms with E-state index in [1.54, 1.807) is 0 Å². The number of ether oxygens (including phenoxy) is 1. The summed E-state index contributed by atoms with van der Waals surface area (Å²) in [5.41, 5.74) is -0.163. The molecule has 1 N–H and O–H groups in total. The van der Waals surface area contributed by atoms with Gasteiger partial charge in [0.15, 0.2) is 6.10 Å². The fourth-order valence-corrected chi connectivity index (χ4v) is 1.45. The summed E-state index contributed by atoms with van der Waals surface area (Å²) in [4.78, 5) is 23.2. The minimum Gasteiger partial charge on any atom is -0.449 e. The van der Waals surface area contributed by atoms with Crippen molar-refractivity contribution in [3.63, 3.8) is 0 Å². The van der Waals surface area contributed by atoms with Crippen LogP contribution in [0.4, 0.5) is 4.39 Å². The Kier molecular flexibility index (Phi) is 3.60. The summed E-state index contributed by atoms with van der Waals surface area (Å²) >= 11 is 0. The van der Waals surface area contributed by atoms with Gasteiger partial charge in [-0.15, -0.1) is 0 Å². The number of esters is 1. The van der Waals surface area contributed by atoms with Crippen molar-refractivity contribution in [1.29, 1.82) is 0 Å². The number of rotatable bonds is 4. The summed E-state index contributed by atoms with van der Waals surface area (Å²) in [6, 6.07) is 5.71. The summed E-state index contributed by atoms with van der Waals surface area (Å²) in [6.07, 6.45) is 0.997. The smallest absolute Gasteiger partial charge is 0.341 e. The second-order valence-corrected chi connectivity index (χ2v) is 4.31. The first-order valence-corrected chi connectivity index (χ1v) is 5.84. The van der Waals surface area contributed by atoms with Gasteiger partial charge in [-0.25, -0.2) is 9.18 Å². The Morgan fingerprint density at radius 2 is 2.06 bits per heavy atom. The molecule has 5 heteroatoms. The van der Waals surface area contributed by atoms with Crippen molar-refractivity contribution in [2.45, 2.75) is 31.9 Å². The Morgan fingerprint density at radius 1 is 1.39 bits per heavy atom. The van der Waals surface area contributed by atoms with Crippen molar-refractivity contribution in [2.75, 3.05) is 0 Å². The van der Waals surface area contributed by atoms with E-state index in [1.165, 1.54) is 31.2 Å². The maximum Gasteiger partial charge on any atom is 0.341 e. The third kappa shape index (κ3) is 3.06. The van der Waals surface area contributed by atoms with Gasteiger partial charge in [0.1, 0.15) is 5.82 Å². The Labute approximate surface area is 104 Å². The standard InChI is InChI=1S/C13H14FNO3/c1-8(12(16)15-9-6-7-9)18-13(17)10-4-2-3-5-11(10)14/h2-5,8-9H,6-7H2,1H3,(H,15,16)/t8-/m0/s1. The number of carbonyl (C=O) groups excluding carboxylic acids is 2. The highest BCUT2D eigenvalue weighted by Crippen LogP contribution is 2.19. The summed E-state index contributed by atoms with van der Waals surface area (Å²) in [5.74, 6) is -1.83. The largest absolute Gasteiger partial charge is 0.449 e. The minimum atomic E-state index is -0.919. The molecule has 0 spiro atoms. The molecule has 1 aromatic carbocycles. The molecule has 0 bridgehead atoms. The summed E-state index contributed by atoms with van der Waals surface area (Å²) in [6.45, 7) is 1.47. The molecule has 96 valence electrons. The molecule has 4 nitrogen and oxygen atoms in total. The SMILES string of the molecule is C[C@H](OC(=O)c1ccccc1F)C(=O)NC1CC1. The summed E-state index contributed by atoms with van der Waals surface area (Å²) < 4.78 is 18.2. The molecule has 1 aliphatic carbocycles. The molecule has 0 aliphatic heterocycles. The number of nitrogens with one attached hydrogen (secondary N) is 1. The zero-order chi connectivity index (χ0) is 13.1. The van der Waals surface area contributed by atoms with E-state index in [9.17, 15) is 14.0 Å². The predicted molar refractivity (Wildman–Crippen MR) is 62.4 cm³/mol. The summed E-state index contributed by atoms with van der Waals surface area (Å²) in [7, 11) is 0. The van der Waals surface area contributed by atoms with Crippen LogP contribution >= 0.6 is 0 Å². The van der Waals surface area contributed by atoms with Crippen LogP contribution in [0.5, 0.6) is 0 Å². The molecule has 0 unspecified atom stereocenters. The van der Waals surface area contributed by atoms with E-state index in [4.69, 9.17) is 4.74 Å². The Bertz CT molecular complexity index is 471. The van der Waals surface area contributed by atoms with E-state index in [0.29, 0.717) is 0 Å². The van der Waals surface area contributed by atoms with Gasteiger partial charge in [-0.05, 0) is 31.9 Å². The van der Waals surface area contributed by atoms with Crippen LogP contribution in [0.15, 0.2) is 24.3 Å². The highest BCUT2D eigenvalue weighted by atomic mass is 19.1. The van der Waals surface area contributed by atoms with Gasteiger partial charge in [-0.3, -0.25) is 4.79 Å². The first kappa shape index (κ1) is 12.5. The fourth-order valence-electron chi connectivity index (χ4n) is 1.45. The van der Waals surface area contributed by atoms with Gasteiger partial charge in [0.25, 0.3) is 5.91 Å². The van der Waals surface area contributed by atoms with Crippen LogP contribution in [0.1, 0.15) is 30.1 Å². The highest BCUT2D eigenvalue weighted by molar-refractivity contribution is 5.92. The Balaban J connectivity index is 1.94. The van der Waals surface area contributed by atoms with Gasteiger partial charge >= 0.3 is 5.97 Å². The first-order valence-electron chi connectivity index (χ1n) is 5.84. The minimum absolute atomic E-state index is 0.163. The molecule has 1 atom stereocenters. The molecule has 1 aliphatic rings. The lowest BCUT2D eigenvalue weighted by atomic mass is 10.2. The molecule has 1 fully saturated rings. The van der Waals surface area contributed by atoms with Crippen LogP contribution in [0.3, 0.4) is 0 Å². The van der Waals surface area contributed by atoms with Crippen LogP contribution < -0.4 is 5.32 Å². The van der Waals surface area contributed by atoms with Crippen molar-refractivity contribution >= 4 is 11.9 Å². The number of halogens is 1. The quantitative estimate of drug-likeness (QED) is 0.828. The van der Waals surface area contributed by atoms with Gasteiger partial charge in [-0.2, -0.15) is 0 Å². The third-order valence-electron chi connectivity index (χ3n) is 2.67. The monoisotopic (exact) mass is 251 g/mol. The zero-order valence-electron chi connectivity index (χ0n) is 9.98. The molecule has 0 heterocycles. The van der Waals surface area contributed by atoms with Crippen LogP contribution in [0.25, 0.3) is 0 Å². The molecule has 1 saturated carbocycles. The lowest BCUT2D eigenvalue weighted by molar-refractivity contribution is -0.129. The van der Waals surface area contributed by atoms with Crippen molar-refractivity contribution in [2.24, 2.45) is 0 Å². The molecule has 1 amide bonds. The summed E-state index contributed by atoms with van der Waals surface area (Å²) in [5, 5.41) is 2.72. The average Bonchev–Trinajstić information content (AvgIpc) is 3.13. The zero-order valence-corrected chi connectivity index (χ0v) is 9.98. The third-order valence-corrected chi connectivity index (χ3v) is 2.67. The maximum atomic E-state index is 13.3. The van der Waals surface area contributed by atoms with Gasteiger partial charge < -0.3 is 10.1 Å². The average molecular weight is 251 g/mol. The van der Waals surface area contributed by atoms with Gasteiger partial charge in [0.2, 0.25) is 0 Å². The van der Waals surface area contributed by atoms with Crippen LogP contribution in [-0.2, 0) is 9.53 Å². The van der Waals surface area contributed by atoms with Gasteiger partial charge in [0.05, 0.1) is 5.56 Å². The number of benzene rings is 1. The molecular weight excluding hydrogens is 237 g/mol. The van der Waals surface area contributed by atoms with E-state index in [-0.39, 0.29) is 17.5 Å². The van der Waals surface area contributed by atoms with E-state index in [1.807, 2.05) is 0 Å². The van der Waals surface area contributed by atoms with Crippen molar-refractivity contribution < 1.29 is 18.7 Å². The second kappa shape index (κ2) is 5.16. The molecule has 1 aromatic rings. The number of hydrogen-bond donors (Lipinski definition) is 1. The van der Waals surface area contributed by atoms with Crippen LogP contribution in [-0.4, -0.2) is 24.0 Å². The molecular formula is C13H14FNO3. The predicted octanol–water partition coefficient (Wildman–Crippen LogP) is 1.65. The van der Waals surface area contributed by atoms with Crippen molar-refractivity contribution in [3.8, 4) is 0 Å². The normalized spacial score (nSPS) is 15.9. The van der Waals surface area contributed by atoms with Gasteiger partial charge in [-0.1, -0.05) is 12.1 Å². The fraction of sp³-hybridized carbons (Fsp3) is 0.385. The van der Waals surface area contributed by atoms with E-state index < -0.39 is 17.9 Å². The van der Waals surface area contributed by atoms with Crippen LogP contribution in [0, 0.1) is 5.82 Å². The second-order valence-electron chi connectivity index (χ2n) is 4.31. The van der Waals surface area contributed by atoms with E-state index >= 15 is 0 Å². The first-order chi connectivity index (χ1) is 8.58. The molecule has 0 saturated heterocycles. The van der Waals surface area contributed by atoms with Gasteiger partial charge in [0, 0.05) is 6.04 Å². The van der Waals surface area contributed by atoms with E-state index in [2.05, 4.69) is 5.32 Å². The highest BCUT2D eigenvalue weighted by Gasteiger charge is 2.27. The van der Waals surface area contributed by atoms with Crippen molar-refractivity contribution in [3.05, 3.63) is 35.6 Å². The maximum absolute atomic E-state index is 13.3. The Morgan fingerprint density at radius 3 is 2.67 bits per heavy atom.